The van der Waals surface area contributed by atoms with Crippen molar-refractivity contribution >= 4 is 0 Å². The third-order valence-corrected chi connectivity index (χ3v) is 4.50. The van der Waals surface area contributed by atoms with Crippen molar-refractivity contribution in [2.75, 3.05) is 0 Å². The van der Waals surface area contributed by atoms with Gasteiger partial charge in [0.25, 0.3) is 0 Å². The SMILES string of the molecule is Cc1cccc2c1-c1c(C)cccc1OCc1cccc(c1)CO2. The summed E-state index contributed by atoms with van der Waals surface area (Å²) in [7, 11) is 0. The van der Waals surface area contributed by atoms with Gasteiger partial charge in [-0.1, -0.05) is 42.5 Å². The van der Waals surface area contributed by atoms with Gasteiger partial charge < -0.3 is 9.47 Å². The average Bonchev–Trinajstić information content (AvgIpc) is 2.61. The molecule has 0 spiro atoms. The van der Waals surface area contributed by atoms with Gasteiger partial charge in [-0.3, -0.25) is 0 Å². The lowest BCUT2D eigenvalue weighted by molar-refractivity contribution is 0.305. The standard InChI is InChI=1S/C22H20O2/c1-15-6-3-10-19-21(15)22-16(2)7-4-11-20(22)24-14-18-9-5-8-17(12-18)13-23-19/h3-12H,13-14H2,1-2H3. The van der Waals surface area contributed by atoms with E-state index in [0.717, 1.165) is 33.8 Å². The van der Waals surface area contributed by atoms with E-state index in [-0.39, 0.29) is 0 Å². The van der Waals surface area contributed by atoms with E-state index in [1.807, 2.05) is 24.3 Å². The normalized spacial score (nSPS) is 12.9. The summed E-state index contributed by atoms with van der Waals surface area (Å²) >= 11 is 0. The summed E-state index contributed by atoms with van der Waals surface area (Å²) in [4.78, 5) is 0. The Hall–Kier alpha value is -2.74. The van der Waals surface area contributed by atoms with E-state index in [9.17, 15) is 0 Å². The first kappa shape index (κ1) is 14.8. The fraction of sp³-hybridized carbons (Fsp3) is 0.182. The van der Waals surface area contributed by atoms with E-state index in [2.05, 4.69) is 50.2 Å². The van der Waals surface area contributed by atoms with E-state index in [0.29, 0.717) is 13.2 Å². The van der Waals surface area contributed by atoms with Crippen LogP contribution in [0, 0.1) is 13.8 Å². The molecule has 0 saturated carbocycles. The van der Waals surface area contributed by atoms with Crippen LogP contribution in [-0.4, -0.2) is 0 Å². The minimum Gasteiger partial charge on any atom is -0.488 e. The molecule has 0 radical (unpaired) electrons. The summed E-state index contributed by atoms with van der Waals surface area (Å²) in [6, 6.07) is 20.8. The Morgan fingerprint density at radius 3 is 1.58 bits per heavy atom. The molecule has 0 fully saturated rings. The number of aryl methyl sites for hydroxylation is 2. The van der Waals surface area contributed by atoms with E-state index in [4.69, 9.17) is 9.47 Å². The molecule has 2 bridgehead atoms. The van der Waals surface area contributed by atoms with Crippen molar-refractivity contribution in [2.24, 2.45) is 0 Å². The van der Waals surface area contributed by atoms with Gasteiger partial charge in [-0.25, -0.2) is 0 Å². The molecule has 4 rings (SSSR count). The summed E-state index contributed by atoms with van der Waals surface area (Å²) in [5.74, 6) is 1.81. The summed E-state index contributed by atoms with van der Waals surface area (Å²) < 4.78 is 12.4. The van der Waals surface area contributed by atoms with Crippen molar-refractivity contribution in [1.82, 2.24) is 0 Å². The fourth-order valence-corrected chi connectivity index (χ4v) is 3.29. The van der Waals surface area contributed by atoms with E-state index in [1.54, 1.807) is 0 Å². The monoisotopic (exact) mass is 316 g/mol. The topological polar surface area (TPSA) is 18.5 Å². The van der Waals surface area contributed by atoms with Crippen LogP contribution in [-0.2, 0) is 13.2 Å². The van der Waals surface area contributed by atoms with Gasteiger partial charge in [0, 0.05) is 11.1 Å². The summed E-state index contributed by atoms with van der Waals surface area (Å²) in [5.41, 5.74) is 6.95. The predicted molar refractivity (Wildman–Crippen MR) is 96.5 cm³/mol. The van der Waals surface area contributed by atoms with Gasteiger partial charge >= 0.3 is 0 Å². The highest BCUT2D eigenvalue weighted by atomic mass is 16.5. The lowest BCUT2D eigenvalue weighted by atomic mass is 9.94. The van der Waals surface area contributed by atoms with Crippen LogP contribution in [0.4, 0.5) is 0 Å². The molecule has 3 aromatic rings. The fourth-order valence-electron chi connectivity index (χ4n) is 3.29. The highest BCUT2D eigenvalue weighted by Gasteiger charge is 2.18. The summed E-state index contributed by atoms with van der Waals surface area (Å²) in [5, 5.41) is 0. The predicted octanol–water partition coefficient (Wildman–Crippen LogP) is 5.44. The van der Waals surface area contributed by atoms with Crippen molar-refractivity contribution in [3.05, 3.63) is 82.9 Å². The molecule has 0 N–H and O–H groups in total. The quantitative estimate of drug-likeness (QED) is 0.549. The first-order valence-electron chi connectivity index (χ1n) is 8.25. The minimum absolute atomic E-state index is 0.561. The van der Waals surface area contributed by atoms with Crippen LogP contribution in [0.15, 0.2) is 60.7 Å². The zero-order chi connectivity index (χ0) is 16.5. The van der Waals surface area contributed by atoms with Gasteiger partial charge in [-0.2, -0.15) is 0 Å². The van der Waals surface area contributed by atoms with Crippen LogP contribution in [0.2, 0.25) is 0 Å². The maximum Gasteiger partial charge on any atom is 0.128 e. The maximum absolute atomic E-state index is 6.20. The third-order valence-electron chi connectivity index (χ3n) is 4.50. The highest BCUT2D eigenvalue weighted by Crippen LogP contribution is 2.41. The van der Waals surface area contributed by atoms with Crippen LogP contribution >= 0.6 is 0 Å². The molecule has 0 unspecified atom stereocenters. The van der Waals surface area contributed by atoms with Crippen LogP contribution in [0.1, 0.15) is 22.3 Å². The molecule has 0 atom stereocenters. The Balaban J connectivity index is 1.95. The van der Waals surface area contributed by atoms with Crippen LogP contribution in [0.3, 0.4) is 0 Å². The molecule has 0 amide bonds. The molecule has 0 aliphatic carbocycles. The zero-order valence-electron chi connectivity index (χ0n) is 14.0. The summed E-state index contributed by atoms with van der Waals surface area (Å²) in [6.07, 6.45) is 0. The van der Waals surface area contributed by atoms with Crippen LogP contribution in [0.5, 0.6) is 11.5 Å². The number of fused-ring (bicyclic) bond motifs is 5. The second-order valence-electron chi connectivity index (χ2n) is 6.29. The summed E-state index contributed by atoms with van der Waals surface area (Å²) in [6.45, 7) is 5.37. The number of hydrogen-bond acceptors (Lipinski definition) is 2. The van der Waals surface area contributed by atoms with Crippen molar-refractivity contribution in [1.29, 1.82) is 0 Å². The molecule has 2 nitrogen and oxygen atoms in total. The maximum atomic E-state index is 6.20. The largest absolute Gasteiger partial charge is 0.488 e. The molecular formula is C22H20O2. The Morgan fingerprint density at radius 2 is 1.08 bits per heavy atom. The number of benzene rings is 3. The number of ether oxygens (including phenoxy) is 2. The van der Waals surface area contributed by atoms with Gasteiger partial charge in [0.1, 0.15) is 24.7 Å². The molecule has 3 aromatic carbocycles. The van der Waals surface area contributed by atoms with E-state index < -0.39 is 0 Å². The van der Waals surface area contributed by atoms with Gasteiger partial charge in [0.05, 0.1) is 0 Å². The zero-order valence-corrected chi connectivity index (χ0v) is 14.0. The smallest absolute Gasteiger partial charge is 0.128 e. The van der Waals surface area contributed by atoms with Crippen molar-refractivity contribution in [3.63, 3.8) is 0 Å². The van der Waals surface area contributed by atoms with Gasteiger partial charge in [-0.05, 0) is 54.3 Å². The molecule has 0 saturated heterocycles. The number of hydrogen-bond donors (Lipinski definition) is 0. The molecule has 1 aliphatic rings. The lowest BCUT2D eigenvalue weighted by Crippen LogP contribution is -1.99. The molecule has 2 heteroatoms. The highest BCUT2D eigenvalue weighted by molar-refractivity contribution is 5.81. The van der Waals surface area contributed by atoms with Crippen molar-refractivity contribution in [2.45, 2.75) is 27.1 Å². The Bertz CT molecular complexity index is 825. The molecule has 1 heterocycles. The minimum atomic E-state index is 0.561. The molecule has 120 valence electrons. The Morgan fingerprint density at radius 1 is 0.625 bits per heavy atom. The van der Waals surface area contributed by atoms with Gasteiger partial charge in [0.15, 0.2) is 0 Å². The molecular weight excluding hydrogens is 296 g/mol. The average molecular weight is 316 g/mol. The van der Waals surface area contributed by atoms with Crippen LogP contribution in [0.25, 0.3) is 11.1 Å². The van der Waals surface area contributed by atoms with E-state index >= 15 is 0 Å². The third kappa shape index (κ3) is 2.65. The lowest BCUT2D eigenvalue weighted by Gasteiger charge is -2.18. The van der Waals surface area contributed by atoms with Gasteiger partial charge in [0.2, 0.25) is 0 Å². The Labute approximate surface area is 142 Å². The molecule has 1 aliphatic heterocycles. The van der Waals surface area contributed by atoms with Crippen molar-refractivity contribution in [3.8, 4) is 22.6 Å². The first-order valence-corrected chi connectivity index (χ1v) is 8.25. The molecule has 24 heavy (non-hydrogen) atoms. The van der Waals surface area contributed by atoms with E-state index in [1.165, 1.54) is 11.1 Å². The molecule has 0 aromatic heterocycles. The van der Waals surface area contributed by atoms with Crippen LogP contribution < -0.4 is 9.47 Å². The first-order chi connectivity index (χ1) is 11.7. The number of rotatable bonds is 0. The van der Waals surface area contributed by atoms with Crippen molar-refractivity contribution < 1.29 is 9.47 Å². The second kappa shape index (κ2) is 6.04. The Kier molecular flexibility index (Phi) is 3.73. The second-order valence-corrected chi connectivity index (χ2v) is 6.29. The van der Waals surface area contributed by atoms with Gasteiger partial charge in [-0.15, -0.1) is 0 Å².